The third-order valence-electron chi connectivity index (χ3n) is 3.59. The largest absolute Gasteiger partial charge is 0.504 e. The van der Waals surface area contributed by atoms with Crippen molar-refractivity contribution in [3.05, 3.63) is 17.7 Å². The number of hydrogen-bond acceptors (Lipinski definition) is 5. The van der Waals surface area contributed by atoms with Crippen molar-refractivity contribution < 1.29 is 15.3 Å². The van der Waals surface area contributed by atoms with E-state index in [0.717, 1.165) is 19.6 Å². The van der Waals surface area contributed by atoms with E-state index in [1.54, 1.807) is 6.07 Å². The minimum atomic E-state index is -0.452. The van der Waals surface area contributed by atoms with Crippen molar-refractivity contribution in [3.8, 4) is 17.2 Å². The van der Waals surface area contributed by atoms with E-state index >= 15 is 0 Å². The topological polar surface area (TPSA) is 76.0 Å². The first-order valence-corrected chi connectivity index (χ1v) is 6.76. The number of rotatable bonds is 5. The zero-order valence-corrected chi connectivity index (χ0v) is 11.3. The van der Waals surface area contributed by atoms with Gasteiger partial charge in [-0.1, -0.05) is 6.07 Å². The number of nitrogens with one attached hydrogen (secondary N) is 1. The van der Waals surface area contributed by atoms with Gasteiger partial charge < -0.3 is 25.5 Å². The van der Waals surface area contributed by atoms with Crippen LogP contribution in [0.25, 0.3) is 0 Å². The molecule has 0 amide bonds. The lowest BCUT2D eigenvalue weighted by Gasteiger charge is -2.21. The highest BCUT2D eigenvalue weighted by Crippen LogP contribution is 2.36. The van der Waals surface area contributed by atoms with Crippen molar-refractivity contribution in [1.82, 2.24) is 10.2 Å². The molecule has 1 aliphatic rings. The number of phenols is 3. The van der Waals surface area contributed by atoms with E-state index < -0.39 is 5.75 Å². The summed E-state index contributed by atoms with van der Waals surface area (Å²) in [5.41, 5.74) is 0.587. The Morgan fingerprint density at radius 3 is 2.53 bits per heavy atom. The SMILES string of the molecule is CC(CN1CCCC1)NCc1ccc(O)c(O)c1O. The molecule has 5 heteroatoms. The first kappa shape index (κ1) is 14.0. The fourth-order valence-corrected chi connectivity index (χ4v) is 2.45. The van der Waals surface area contributed by atoms with E-state index in [2.05, 4.69) is 17.1 Å². The van der Waals surface area contributed by atoms with Gasteiger partial charge in [0.1, 0.15) is 0 Å². The van der Waals surface area contributed by atoms with E-state index in [0.29, 0.717) is 18.2 Å². The maximum Gasteiger partial charge on any atom is 0.200 e. The van der Waals surface area contributed by atoms with Crippen LogP contribution < -0.4 is 5.32 Å². The lowest BCUT2D eigenvalue weighted by molar-refractivity contribution is 0.297. The molecule has 2 rings (SSSR count). The molecule has 1 atom stereocenters. The van der Waals surface area contributed by atoms with Crippen molar-refractivity contribution in [2.24, 2.45) is 0 Å². The minimum Gasteiger partial charge on any atom is -0.504 e. The molecule has 0 spiro atoms. The fourth-order valence-electron chi connectivity index (χ4n) is 2.45. The smallest absolute Gasteiger partial charge is 0.200 e. The maximum absolute atomic E-state index is 9.72. The zero-order chi connectivity index (χ0) is 13.8. The zero-order valence-electron chi connectivity index (χ0n) is 11.3. The van der Waals surface area contributed by atoms with Gasteiger partial charge >= 0.3 is 0 Å². The maximum atomic E-state index is 9.72. The molecule has 0 radical (unpaired) electrons. The molecule has 1 heterocycles. The van der Waals surface area contributed by atoms with Crippen LogP contribution in [0.15, 0.2) is 12.1 Å². The molecule has 0 aliphatic carbocycles. The van der Waals surface area contributed by atoms with Crippen LogP contribution in [0.3, 0.4) is 0 Å². The molecular weight excluding hydrogens is 244 g/mol. The molecule has 4 N–H and O–H groups in total. The lowest BCUT2D eigenvalue weighted by Crippen LogP contribution is -2.37. The molecule has 5 nitrogen and oxygen atoms in total. The highest BCUT2D eigenvalue weighted by molar-refractivity contribution is 5.52. The molecule has 1 aromatic carbocycles. The molecule has 1 unspecified atom stereocenters. The minimum absolute atomic E-state index is 0.249. The van der Waals surface area contributed by atoms with Crippen molar-refractivity contribution in [3.63, 3.8) is 0 Å². The molecular formula is C14H22N2O3. The van der Waals surface area contributed by atoms with Gasteiger partial charge in [-0.2, -0.15) is 0 Å². The Kier molecular flexibility index (Phi) is 4.50. The second kappa shape index (κ2) is 6.12. The van der Waals surface area contributed by atoms with Gasteiger partial charge in [-0.05, 0) is 38.9 Å². The van der Waals surface area contributed by atoms with E-state index in [4.69, 9.17) is 0 Å². The number of hydrogen-bond donors (Lipinski definition) is 4. The van der Waals surface area contributed by atoms with E-state index in [9.17, 15) is 15.3 Å². The van der Waals surface area contributed by atoms with Crippen molar-refractivity contribution in [1.29, 1.82) is 0 Å². The van der Waals surface area contributed by atoms with Gasteiger partial charge in [0.25, 0.3) is 0 Å². The first-order valence-electron chi connectivity index (χ1n) is 6.76. The van der Waals surface area contributed by atoms with Crippen molar-refractivity contribution in [2.45, 2.75) is 32.4 Å². The second-order valence-corrected chi connectivity index (χ2v) is 5.23. The van der Waals surface area contributed by atoms with Crippen LogP contribution in [0, 0.1) is 0 Å². The van der Waals surface area contributed by atoms with Gasteiger partial charge in [-0.3, -0.25) is 0 Å². The normalized spacial score (nSPS) is 17.7. The van der Waals surface area contributed by atoms with Gasteiger partial charge in [0.05, 0.1) is 0 Å². The first-order chi connectivity index (χ1) is 9.08. The predicted molar refractivity (Wildman–Crippen MR) is 73.4 cm³/mol. The van der Waals surface area contributed by atoms with Crippen LogP contribution in [0.2, 0.25) is 0 Å². The number of benzene rings is 1. The number of likely N-dealkylation sites (tertiary alicyclic amines) is 1. The Balaban J connectivity index is 1.86. The molecule has 1 aromatic rings. The summed E-state index contributed by atoms with van der Waals surface area (Å²) in [5, 5.41) is 31.7. The average molecular weight is 266 g/mol. The molecule has 0 bridgehead atoms. The third kappa shape index (κ3) is 3.52. The summed E-state index contributed by atoms with van der Waals surface area (Å²) in [6.07, 6.45) is 2.55. The Hall–Kier alpha value is -1.46. The Bertz CT molecular complexity index is 431. The molecule has 0 saturated carbocycles. The van der Waals surface area contributed by atoms with Crippen LogP contribution in [0.5, 0.6) is 17.2 Å². The lowest BCUT2D eigenvalue weighted by atomic mass is 10.1. The highest BCUT2D eigenvalue weighted by atomic mass is 16.3. The number of aromatic hydroxyl groups is 3. The van der Waals surface area contributed by atoms with Gasteiger partial charge in [-0.25, -0.2) is 0 Å². The molecule has 0 aromatic heterocycles. The predicted octanol–water partition coefficient (Wildman–Crippen LogP) is 1.38. The van der Waals surface area contributed by atoms with Crippen molar-refractivity contribution >= 4 is 0 Å². The Morgan fingerprint density at radius 2 is 1.84 bits per heavy atom. The summed E-state index contributed by atoms with van der Waals surface area (Å²) in [6, 6.07) is 3.31. The standard InChI is InChI=1S/C14H22N2O3/c1-10(9-16-6-2-3-7-16)15-8-11-4-5-12(17)14(19)13(11)18/h4-5,10,15,17-19H,2-3,6-9H2,1H3. The summed E-state index contributed by atoms with van der Waals surface area (Å²) < 4.78 is 0. The van der Waals surface area contributed by atoms with E-state index in [-0.39, 0.29) is 11.5 Å². The van der Waals surface area contributed by atoms with Gasteiger partial charge in [0, 0.05) is 24.7 Å². The molecule has 1 saturated heterocycles. The summed E-state index contributed by atoms with van der Waals surface area (Å²) in [5.74, 6) is -1.00. The van der Waals surface area contributed by atoms with E-state index in [1.165, 1.54) is 18.9 Å². The van der Waals surface area contributed by atoms with Crippen LogP contribution in [-0.4, -0.2) is 45.9 Å². The Labute approximate surface area is 113 Å². The number of phenolic OH excluding ortho intramolecular Hbond substituents is 3. The molecule has 106 valence electrons. The molecule has 19 heavy (non-hydrogen) atoms. The van der Waals surface area contributed by atoms with Gasteiger partial charge in [0.15, 0.2) is 11.5 Å². The summed E-state index contributed by atoms with van der Waals surface area (Å²) >= 11 is 0. The van der Waals surface area contributed by atoms with Crippen LogP contribution in [-0.2, 0) is 6.54 Å². The third-order valence-corrected chi connectivity index (χ3v) is 3.59. The van der Waals surface area contributed by atoms with Crippen LogP contribution in [0.4, 0.5) is 0 Å². The van der Waals surface area contributed by atoms with Gasteiger partial charge in [-0.15, -0.1) is 0 Å². The fraction of sp³-hybridized carbons (Fsp3) is 0.571. The summed E-state index contributed by atoms with van der Waals surface area (Å²) in [7, 11) is 0. The molecule has 1 aliphatic heterocycles. The Morgan fingerprint density at radius 1 is 1.16 bits per heavy atom. The van der Waals surface area contributed by atoms with Crippen molar-refractivity contribution in [2.75, 3.05) is 19.6 Å². The second-order valence-electron chi connectivity index (χ2n) is 5.23. The van der Waals surface area contributed by atoms with Crippen LogP contribution in [0.1, 0.15) is 25.3 Å². The number of nitrogens with zero attached hydrogens (tertiary/aromatic N) is 1. The van der Waals surface area contributed by atoms with E-state index in [1.807, 2.05) is 0 Å². The van der Waals surface area contributed by atoms with Crippen LogP contribution >= 0.6 is 0 Å². The average Bonchev–Trinajstić information content (AvgIpc) is 2.88. The van der Waals surface area contributed by atoms with Gasteiger partial charge in [0.2, 0.25) is 5.75 Å². The quantitative estimate of drug-likeness (QED) is 0.606. The highest BCUT2D eigenvalue weighted by Gasteiger charge is 2.15. The molecule has 1 fully saturated rings. The summed E-state index contributed by atoms with van der Waals surface area (Å²) in [6.45, 7) is 5.89. The summed E-state index contributed by atoms with van der Waals surface area (Å²) in [4.78, 5) is 2.42. The monoisotopic (exact) mass is 266 g/mol.